The van der Waals surface area contributed by atoms with Crippen LogP contribution in [0.25, 0.3) is 10.9 Å². The first kappa shape index (κ1) is 9.97. The molecule has 0 bridgehead atoms. The molecule has 0 saturated heterocycles. The molecule has 1 nitrogen and oxygen atoms in total. The van der Waals surface area contributed by atoms with Gasteiger partial charge in [-0.25, -0.2) is 4.39 Å². The molecule has 0 saturated carbocycles. The summed E-state index contributed by atoms with van der Waals surface area (Å²) in [5.74, 6) is -0.175. The van der Waals surface area contributed by atoms with Gasteiger partial charge < -0.3 is 4.57 Å². The molecule has 0 radical (unpaired) electrons. The number of hydrogen-bond donors (Lipinski definition) is 0. The van der Waals surface area contributed by atoms with E-state index >= 15 is 0 Å². The summed E-state index contributed by atoms with van der Waals surface area (Å²) < 4.78 is 15.1. The first-order chi connectivity index (χ1) is 7.31. The quantitative estimate of drug-likeness (QED) is 0.527. The van der Waals surface area contributed by atoms with E-state index in [4.69, 9.17) is 0 Å². The lowest BCUT2D eigenvalue weighted by atomic mass is 10.2. The van der Waals surface area contributed by atoms with Crippen molar-refractivity contribution in [1.82, 2.24) is 4.57 Å². The molecular weight excluding hydrogens is 189 g/mol. The minimum Gasteiger partial charge on any atom is -0.347 e. The highest BCUT2D eigenvalue weighted by Crippen LogP contribution is 2.17. The molecular formula is C13H14FN. The standard InChI is InChI=1S/C13H14FN/c1-2-3-4-8-15-9-7-11-10-12(14)5-6-13(11)15/h2,5-7,9-10H,1,3-4,8H2. The Morgan fingerprint density at radius 1 is 1.33 bits per heavy atom. The van der Waals surface area contributed by atoms with Crippen molar-refractivity contribution in [2.75, 3.05) is 0 Å². The van der Waals surface area contributed by atoms with Crippen LogP contribution in [0.1, 0.15) is 12.8 Å². The van der Waals surface area contributed by atoms with Crippen molar-refractivity contribution in [2.45, 2.75) is 19.4 Å². The van der Waals surface area contributed by atoms with Crippen LogP contribution in [0.4, 0.5) is 4.39 Å². The molecule has 0 amide bonds. The van der Waals surface area contributed by atoms with Gasteiger partial charge >= 0.3 is 0 Å². The smallest absolute Gasteiger partial charge is 0.123 e. The topological polar surface area (TPSA) is 4.93 Å². The van der Waals surface area contributed by atoms with Gasteiger partial charge in [0.05, 0.1) is 0 Å². The number of nitrogens with zero attached hydrogens (tertiary/aromatic N) is 1. The Morgan fingerprint density at radius 2 is 2.20 bits per heavy atom. The summed E-state index contributed by atoms with van der Waals surface area (Å²) >= 11 is 0. The Labute approximate surface area is 88.8 Å². The number of hydrogen-bond acceptors (Lipinski definition) is 0. The van der Waals surface area contributed by atoms with Crippen molar-refractivity contribution in [1.29, 1.82) is 0 Å². The first-order valence-electron chi connectivity index (χ1n) is 5.16. The highest BCUT2D eigenvalue weighted by molar-refractivity contribution is 5.80. The molecule has 0 unspecified atom stereocenters. The highest BCUT2D eigenvalue weighted by atomic mass is 19.1. The number of unbranched alkanes of at least 4 members (excludes halogenated alkanes) is 1. The van der Waals surface area contributed by atoms with E-state index in [0.717, 1.165) is 30.3 Å². The summed E-state index contributed by atoms with van der Waals surface area (Å²) in [6.07, 6.45) is 6.02. The van der Waals surface area contributed by atoms with Crippen LogP contribution in [-0.4, -0.2) is 4.57 Å². The minimum absolute atomic E-state index is 0.175. The van der Waals surface area contributed by atoms with Crippen LogP contribution in [0.2, 0.25) is 0 Å². The fraction of sp³-hybridized carbons (Fsp3) is 0.231. The molecule has 0 atom stereocenters. The maximum atomic E-state index is 12.9. The second kappa shape index (κ2) is 4.30. The van der Waals surface area contributed by atoms with Crippen molar-refractivity contribution in [2.24, 2.45) is 0 Å². The van der Waals surface area contributed by atoms with Crippen molar-refractivity contribution in [3.8, 4) is 0 Å². The Balaban J connectivity index is 2.24. The summed E-state index contributed by atoms with van der Waals surface area (Å²) in [7, 11) is 0. The lowest BCUT2D eigenvalue weighted by Crippen LogP contribution is -1.95. The molecule has 1 aromatic carbocycles. The third-order valence-corrected chi connectivity index (χ3v) is 2.54. The second-order valence-corrected chi connectivity index (χ2v) is 3.64. The van der Waals surface area contributed by atoms with Crippen LogP contribution in [0.15, 0.2) is 43.1 Å². The molecule has 2 heteroatoms. The predicted molar refractivity (Wildman–Crippen MR) is 61.3 cm³/mol. The van der Waals surface area contributed by atoms with Gasteiger partial charge in [-0.05, 0) is 37.1 Å². The Hall–Kier alpha value is -1.57. The van der Waals surface area contributed by atoms with Crippen LogP contribution in [0, 0.1) is 5.82 Å². The van der Waals surface area contributed by atoms with E-state index in [0.29, 0.717) is 0 Å². The first-order valence-corrected chi connectivity index (χ1v) is 5.16. The number of rotatable bonds is 4. The number of aromatic nitrogens is 1. The molecule has 1 aromatic heterocycles. The fourth-order valence-electron chi connectivity index (χ4n) is 1.77. The maximum Gasteiger partial charge on any atom is 0.123 e. The molecule has 0 N–H and O–H groups in total. The average Bonchev–Trinajstić information content (AvgIpc) is 2.61. The molecule has 2 rings (SSSR count). The van der Waals surface area contributed by atoms with E-state index in [1.165, 1.54) is 6.07 Å². The largest absolute Gasteiger partial charge is 0.347 e. The van der Waals surface area contributed by atoms with Gasteiger partial charge in [-0.15, -0.1) is 6.58 Å². The van der Waals surface area contributed by atoms with Gasteiger partial charge in [0.2, 0.25) is 0 Å². The molecule has 0 aliphatic rings. The van der Waals surface area contributed by atoms with Gasteiger partial charge in [0, 0.05) is 23.6 Å². The molecule has 0 aliphatic heterocycles. The van der Waals surface area contributed by atoms with E-state index < -0.39 is 0 Å². The molecule has 15 heavy (non-hydrogen) atoms. The summed E-state index contributed by atoms with van der Waals surface area (Å²) in [6, 6.07) is 6.86. The van der Waals surface area contributed by atoms with Crippen molar-refractivity contribution >= 4 is 10.9 Å². The zero-order chi connectivity index (χ0) is 10.7. The van der Waals surface area contributed by atoms with E-state index in [1.807, 2.05) is 24.4 Å². The third kappa shape index (κ3) is 2.09. The summed E-state index contributed by atoms with van der Waals surface area (Å²) in [5.41, 5.74) is 1.10. The monoisotopic (exact) mass is 203 g/mol. The maximum absolute atomic E-state index is 12.9. The summed E-state index contributed by atoms with van der Waals surface area (Å²) in [5, 5.41) is 0.966. The fourth-order valence-corrected chi connectivity index (χ4v) is 1.77. The van der Waals surface area contributed by atoms with Crippen molar-refractivity contribution < 1.29 is 4.39 Å². The lowest BCUT2D eigenvalue weighted by Gasteiger charge is -2.03. The predicted octanol–water partition coefficient (Wildman–Crippen LogP) is 3.75. The van der Waals surface area contributed by atoms with Crippen molar-refractivity contribution in [3.63, 3.8) is 0 Å². The number of halogens is 1. The zero-order valence-corrected chi connectivity index (χ0v) is 8.62. The highest BCUT2D eigenvalue weighted by Gasteiger charge is 2.01. The van der Waals surface area contributed by atoms with E-state index in [2.05, 4.69) is 11.1 Å². The molecule has 2 aromatic rings. The van der Waals surface area contributed by atoms with Crippen LogP contribution in [0.5, 0.6) is 0 Å². The molecule has 1 heterocycles. The van der Waals surface area contributed by atoms with Gasteiger partial charge in [-0.3, -0.25) is 0 Å². The second-order valence-electron chi connectivity index (χ2n) is 3.64. The lowest BCUT2D eigenvalue weighted by molar-refractivity contribution is 0.629. The van der Waals surface area contributed by atoms with Crippen LogP contribution in [-0.2, 0) is 6.54 Å². The van der Waals surface area contributed by atoms with Crippen LogP contribution < -0.4 is 0 Å². The van der Waals surface area contributed by atoms with Gasteiger partial charge in [0.1, 0.15) is 5.82 Å². The number of benzene rings is 1. The van der Waals surface area contributed by atoms with Crippen LogP contribution in [0.3, 0.4) is 0 Å². The normalized spacial score (nSPS) is 10.7. The molecule has 78 valence electrons. The van der Waals surface area contributed by atoms with Gasteiger partial charge in [-0.2, -0.15) is 0 Å². The van der Waals surface area contributed by atoms with Crippen LogP contribution >= 0.6 is 0 Å². The van der Waals surface area contributed by atoms with Gasteiger partial charge in [0.15, 0.2) is 0 Å². The number of fused-ring (bicyclic) bond motifs is 1. The van der Waals surface area contributed by atoms with Gasteiger partial charge in [0.25, 0.3) is 0 Å². The number of allylic oxidation sites excluding steroid dienone is 1. The third-order valence-electron chi connectivity index (χ3n) is 2.54. The summed E-state index contributed by atoms with van der Waals surface area (Å²) in [4.78, 5) is 0. The Bertz CT molecular complexity index is 470. The molecule has 0 fully saturated rings. The number of aryl methyl sites for hydroxylation is 1. The van der Waals surface area contributed by atoms with Gasteiger partial charge in [-0.1, -0.05) is 6.08 Å². The van der Waals surface area contributed by atoms with E-state index in [1.54, 1.807) is 6.07 Å². The van der Waals surface area contributed by atoms with E-state index in [-0.39, 0.29) is 5.82 Å². The summed E-state index contributed by atoms with van der Waals surface area (Å²) in [6.45, 7) is 4.65. The minimum atomic E-state index is -0.175. The van der Waals surface area contributed by atoms with E-state index in [9.17, 15) is 4.39 Å². The average molecular weight is 203 g/mol. The molecule has 0 aliphatic carbocycles. The zero-order valence-electron chi connectivity index (χ0n) is 8.62. The Kier molecular flexibility index (Phi) is 2.86. The SMILES string of the molecule is C=CCCCn1ccc2cc(F)ccc21. The molecule has 0 spiro atoms. The Morgan fingerprint density at radius 3 is 3.00 bits per heavy atom. The van der Waals surface area contributed by atoms with Crippen molar-refractivity contribution in [3.05, 3.63) is 48.9 Å².